The molecular formula is C13H28O4. The van der Waals surface area contributed by atoms with Gasteiger partial charge in [-0.1, -0.05) is 13.3 Å². The standard InChI is InChI=1S/C13H28O4/c1-3-4-7-15-8-5-9-16-10-6-11-17-12-13(2)14/h13-14H,3-12H2,1-2H3. The fraction of sp³-hybridized carbons (Fsp3) is 1.00. The lowest BCUT2D eigenvalue weighted by atomic mass is 10.4. The molecule has 17 heavy (non-hydrogen) atoms. The zero-order valence-corrected chi connectivity index (χ0v) is 11.3. The second-order valence-corrected chi connectivity index (χ2v) is 4.21. The van der Waals surface area contributed by atoms with Gasteiger partial charge in [0.2, 0.25) is 0 Å². The molecule has 0 radical (unpaired) electrons. The Morgan fingerprint density at radius 3 is 1.76 bits per heavy atom. The van der Waals surface area contributed by atoms with Gasteiger partial charge in [0.25, 0.3) is 0 Å². The largest absolute Gasteiger partial charge is 0.391 e. The molecule has 1 atom stereocenters. The first kappa shape index (κ1) is 16.8. The minimum atomic E-state index is -0.379. The molecule has 0 saturated carbocycles. The highest BCUT2D eigenvalue weighted by Gasteiger charge is 1.95. The molecule has 0 aliphatic carbocycles. The van der Waals surface area contributed by atoms with Crippen molar-refractivity contribution in [2.45, 2.75) is 45.6 Å². The highest BCUT2D eigenvalue weighted by Crippen LogP contribution is 1.92. The Hall–Kier alpha value is -0.160. The van der Waals surface area contributed by atoms with Crippen LogP contribution in [0, 0.1) is 0 Å². The molecule has 1 unspecified atom stereocenters. The first-order chi connectivity index (χ1) is 8.27. The van der Waals surface area contributed by atoms with Crippen molar-refractivity contribution in [3.8, 4) is 0 Å². The summed E-state index contributed by atoms with van der Waals surface area (Å²) in [4.78, 5) is 0. The minimum Gasteiger partial charge on any atom is -0.391 e. The maximum Gasteiger partial charge on any atom is 0.0745 e. The lowest BCUT2D eigenvalue weighted by Crippen LogP contribution is -2.12. The molecule has 0 aromatic carbocycles. The topological polar surface area (TPSA) is 47.9 Å². The van der Waals surface area contributed by atoms with Crippen LogP contribution < -0.4 is 0 Å². The molecule has 0 aliphatic heterocycles. The van der Waals surface area contributed by atoms with E-state index in [2.05, 4.69) is 6.92 Å². The quantitative estimate of drug-likeness (QED) is 0.506. The number of aliphatic hydroxyl groups excluding tert-OH is 1. The number of hydrogen-bond donors (Lipinski definition) is 1. The summed E-state index contributed by atoms with van der Waals surface area (Å²) in [6.45, 7) is 8.06. The van der Waals surface area contributed by atoms with Crippen molar-refractivity contribution >= 4 is 0 Å². The van der Waals surface area contributed by atoms with Gasteiger partial charge in [0.1, 0.15) is 0 Å². The Kier molecular flexibility index (Phi) is 13.8. The molecule has 4 nitrogen and oxygen atoms in total. The van der Waals surface area contributed by atoms with E-state index in [0.717, 1.165) is 45.7 Å². The number of aliphatic hydroxyl groups is 1. The van der Waals surface area contributed by atoms with Crippen molar-refractivity contribution in [3.63, 3.8) is 0 Å². The van der Waals surface area contributed by atoms with Gasteiger partial charge in [0.05, 0.1) is 12.7 Å². The summed E-state index contributed by atoms with van der Waals surface area (Å²) in [6, 6.07) is 0. The van der Waals surface area contributed by atoms with Crippen LogP contribution in [0.5, 0.6) is 0 Å². The van der Waals surface area contributed by atoms with Gasteiger partial charge in [-0.05, 0) is 26.2 Å². The summed E-state index contributed by atoms with van der Waals surface area (Å²) in [7, 11) is 0. The van der Waals surface area contributed by atoms with E-state index < -0.39 is 0 Å². The van der Waals surface area contributed by atoms with Gasteiger partial charge in [0, 0.05) is 33.0 Å². The van der Waals surface area contributed by atoms with Crippen molar-refractivity contribution in [3.05, 3.63) is 0 Å². The summed E-state index contributed by atoms with van der Waals surface area (Å²) in [5.74, 6) is 0. The fourth-order valence-corrected chi connectivity index (χ4v) is 1.23. The van der Waals surface area contributed by atoms with E-state index in [1.165, 1.54) is 6.42 Å². The second-order valence-electron chi connectivity index (χ2n) is 4.21. The molecule has 0 heterocycles. The van der Waals surface area contributed by atoms with Crippen molar-refractivity contribution < 1.29 is 19.3 Å². The molecular weight excluding hydrogens is 220 g/mol. The van der Waals surface area contributed by atoms with E-state index in [9.17, 15) is 0 Å². The third kappa shape index (κ3) is 15.8. The Morgan fingerprint density at radius 2 is 1.29 bits per heavy atom. The first-order valence-corrected chi connectivity index (χ1v) is 6.68. The summed E-state index contributed by atoms with van der Waals surface area (Å²) in [5, 5.41) is 8.94. The van der Waals surface area contributed by atoms with E-state index in [1.54, 1.807) is 6.92 Å². The molecule has 0 fully saturated rings. The van der Waals surface area contributed by atoms with Crippen LogP contribution in [0.15, 0.2) is 0 Å². The Morgan fingerprint density at radius 1 is 0.824 bits per heavy atom. The smallest absolute Gasteiger partial charge is 0.0745 e. The maximum atomic E-state index is 8.94. The molecule has 104 valence electrons. The average molecular weight is 248 g/mol. The van der Waals surface area contributed by atoms with E-state index in [1.807, 2.05) is 0 Å². The predicted molar refractivity (Wildman–Crippen MR) is 68.3 cm³/mol. The second kappa shape index (κ2) is 13.9. The van der Waals surface area contributed by atoms with Crippen LogP contribution in [0.4, 0.5) is 0 Å². The van der Waals surface area contributed by atoms with E-state index in [0.29, 0.717) is 13.2 Å². The lowest BCUT2D eigenvalue weighted by Gasteiger charge is -2.07. The third-order valence-corrected chi connectivity index (χ3v) is 2.16. The van der Waals surface area contributed by atoms with Gasteiger partial charge in [-0.15, -0.1) is 0 Å². The van der Waals surface area contributed by atoms with Crippen LogP contribution in [0.25, 0.3) is 0 Å². The summed E-state index contributed by atoms with van der Waals surface area (Å²) < 4.78 is 16.1. The van der Waals surface area contributed by atoms with Crippen molar-refractivity contribution in [1.29, 1.82) is 0 Å². The summed E-state index contributed by atoms with van der Waals surface area (Å²) >= 11 is 0. The van der Waals surface area contributed by atoms with Crippen LogP contribution >= 0.6 is 0 Å². The number of unbranched alkanes of at least 4 members (excludes halogenated alkanes) is 1. The highest BCUT2D eigenvalue weighted by molar-refractivity contribution is 4.42. The Balaban J connectivity index is 2.89. The van der Waals surface area contributed by atoms with E-state index in [4.69, 9.17) is 19.3 Å². The first-order valence-electron chi connectivity index (χ1n) is 6.68. The third-order valence-electron chi connectivity index (χ3n) is 2.16. The zero-order valence-electron chi connectivity index (χ0n) is 11.3. The molecule has 0 spiro atoms. The molecule has 0 aliphatic rings. The highest BCUT2D eigenvalue weighted by atomic mass is 16.5. The van der Waals surface area contributed by atoms with Crippen LogP contribution in [0.3, 0.4) is 0 Å². The Labute approximate surface area is 105 Å². The molecule has 0 bridgehead atoms. The van der Waals surface area contributed by atoms with Crippen LogP contribution in [0.2, 0.25) is 0 Å². The monoisotopic (exact) mass is 248 g/mol. The molecule has 1 N–H and O–H groups in total. The summed E-state index contributed by atoms with van der Waals surface area (Å²) in [6.07, 6.45) is 3.78. The Bertz CT molecular complexity index is 139. The normalized spacial score (nSPS) is 12.9. The summed E-state index contributed by atoms with van der Waals surface area (Å²) in [5.41, 5.74) is 0. The van der Waals surface area contributed by atoms with Crippen molar-refractivity contribution in [2.24, 2.45) is 0 Å². The SMILES string of the molecule is CCCCOCCCOCCCOCC(C)O. The van der Waals surface area contributed by atoms with Crippen LogP contribution in [0.1, 0.15) is 39.5 Å². The van der Waals surface area contributed by atoms with Gasteiger partial charge >= 0.3 is 0 Å². The van der Waals surface area contributed by atoms with Crippen LogP contribution in [-0.2, 0) is 14.2 Å². The van der Waals surface area contributed by atoms with Gasteiger partial charge in [-0.3, -0.25) is 0 Å². The van der Waals surface area contributed by atoms with Crippen LogP contribution in [-0.4, -0.2) is 50.9 Å². The van der Waals surface area contributed by atoms with Gasteiger partial charge in [-0.2, -0.15) is 0 Å². The fourth-order valence-electron chi connectivity index (χ4n) is 1.23. The van der Waals surface area contributed by atoms with E-state index in [-0.39, 0.29) is 6.10 Å². The number of rotatable bonds is 13. The van der Waals surface area contributed by atoms with Crippen molar-refractivity contribution in [1.82, 2.24) is 0 Å². The minimum absolute atomic E-state index is 0.379. The molecule has 0 saturated heterocycles. The number of hydrogen-bond acceptors (Lipinski definition) is 4. The molecule has 0 aromatic rings. The van der Waals surface area contributed by atoms with Gasteiger partial charge in [0.15, 0.2) is 0 Å². The van der Waals surface area contributed by atoms with Crippen molar-refractivity contribution in [2.75, 3.05) is 39.6 Å². The average Bonchev–Trinajstić information content (AvgIpc) is 2.30. The molecule has 0 rings (SSSR count). The maximum absolute atomic E-state index is 8.94. The molecule has 0 aromatic heterocycles. The molecule has 0 amide bonds. The van der Waals surface area contributed by atoms with E-state index >= 15 is 0 Å². The lowest BCUT2D eigenvalue weighted by molar-refractivity contribution is 0.0289. The number of ether oxygens (including phenoxy) is 3. The van der Waals surface area contributed by atoms with Gasteiger partial charge in [-0.25, -0.2) is 0 Å². The predicted octanol–water partition coefficient (Wildman–Crippen LogP) is 2.00. The molecule has 4 heteroatoms. The van der Waals surface area contributed by atoms with Gasteiger partial charge < -0.3 is 19.3 Å². The zero-order chi connectivity index (χ0) is 12.8.